The van der Waals surface area contributed by atoms with Gasteiger partial charge in [-0.1, -0.05) is 35.1 Å². The van der Waals surface area contributed by atoms with Crippen LogP contribution in [-0.4, -0.2) is 19.8 Å². The van der Waals surface area contributed by atoms with Crippen LogP contribution in [0.3, 0.4) is 0 Å². The highest BCUT2D eigenvalue weighted by atomic mass is 35.5. The maximum absolute atomic E-state index is 6.12. The van der Waals surface area contributed by atoms with E-state index in [1.54, 1.807) is 16.8 Å². The van der Waals surface area contributed by atoms with E-state index in [0.717, 1.165) is 5.69 Å². The number of halogens is 1. The largest absolute Gasteiger partial charge is 0.461 e. The molecule has 6 nitrogen and oxygen atoms in total. The number of nitrogens with one attached hydrogen (secondary N) is 1. The van der Waals surface area contributed by atoms with E-state index in [-0.39, 0.29) is 0 Å². The fourth-order valence-electron chi connectivity index (χ4n) is 1.90. The van der Waals surface area contributed by atoms with Crippen LogP contribution in [0.25, 0.3) is 16.5 Å². The Labute approximate surface area is 128 Å². The molecule has 0 bridgehead atoms. The first-order valence-electron chi connectivity index (χ1n) is 6.09. The number of aromatic nitrogens is 4. The highest BCUT2D eigenvalue weighted by molar-refractivity contribution is 7.20. The maximum atomic E-state index is 6.12. The quantitative estimate of drug-likeness (QED) is 0.621. The summed E-state index contributed by atoms with van der Waals surface area (Å²) >= 11 is 7.51. The Morgan fingerprint density at radius 3 is 2.86 bits per heavy atom. The highest BCUT2D eigenvalue weighted by Crippen LogP contribution is 2.29. The lowest BCUT2D eigenvalue weighted by Crippen LogP contribution is -1.94. The van der Waals surface area contributed by atoms with E-state index in [1.165, 1.54) is 11.3 Å². The molecule has 0 saturated carbocycles. The van der Waals surface area contributed by atoms with Gasteiger partial charge in [-0.2, -0.15) is 4.52 Å². The Morgan fingerprint density at radius 2 is 2.05 bits per heavy atom. The molecule has 1 N–H and O–H groups in total. The number of hydrogen-bond acceptors (Lipinski definition) is 6. The zero-order chi connectivity index (χ0) is 14.2. The van der Waals surface area contributed by atoms with E-state index >= 15 is 0 Å². The van der Waals surface area contributed by atoms with Gasteiger partial charge in [0.05, 0.1) is 17.0 Å². The van der Waals surface area contributed by atoms with E-state index in [9.17, 15) is 0 Å². The van der Waals surface area contributed by atoms with E-state index in [4.69, 9.17) is 16.0 Å². The van der Waals surface area contributed by atoms with Gasteiger partial charge < -0.3 is 9.73 Å². The van der Waals surface area contributed by atoms with Crippen LogP contribution < -0.4 is 5.32 Å². The van der Waals surface area contributed by atoms with Crippen molar-refractivity contribution in [2.75, 3.05) is 5.32 Å². The van der Waals surface area contributed by atoms with Gasteiger partial charge in [0.1, 0.15) is 0 Å². The zero-order valence-electron chi connectivity index (χ0n) is 10.5. The third-order valence-electron chi connectivity index (χ3n) is 2.85. The van der Waals surface area contributed by atoms with Crippen LogP contribution in [0.4, 0.5) is 10.8 Å². The van der Waals surface area contributed by atoms with Crippen LogP contribution in [0, 0.1) is 0 Å². The van der Waals surface area contributed by atoms with Crippen molar-refractivity contribution in [3.63, 3.8) is 0 Å². The first kappa shape index (κ1) is 12.4. The van der Waals surface area contributed by atoms with Gasteiger partial charge in [-0.05, 0) is 24.3 Å². The molecule has 0 aliphatic rings. The Balaban J connectivity index is 1.73. The van der Waals surface area contributed by atoms with Gasteiger partial charge >= 0.3 is 0 Å². The first-order chi connectivity index (χ1) is 10.3. The topological polar surface area (TPSA) is 68.2 Å². The normalized spacial score (nSPS) is 11.1. The predicted octanol–water partition coefficient (Wildman–Crippen LogP) is 3.84. The molecule has 21 heavy (non-hydrogen) atoms. The lowest BCUT2D eigenvalue weighted by molar-refractivity contribution is 0.575. The molecule has 0 atom stereocenters. The van der Waals surface area contributed by atoms with Crippen molar-refractivity contribution < 1.29 is 4.42 Å². The number of nitrogens with zero attached hydrogens (tertiary/aromatic N) is 4. The molecule has 104 valence electrons. The average Bonchev–Trinajstić information content (AvgIpc) is 3.17. The zero-order valence-corrected chi connectivity index (χ0v) is 12.1. The molecule has 0 saturated heterocycles. The SMILES string of the molecule is Clc1ccccc1Nc1nn2c(-c3ccco3)nnc2s1. The summed E-state index contributed by atoms with van der Waals surface area (Å²) in [5, 5.41) is 17.1. The lowest BCUT2D eigenvalue weighted by atomic mass is 10.3. The molecule has 1 aromatic carbocycles. The predicted molar refractivity (Wildman–Crippen MR) is 81.1 cm³/mol. The van der Waals surface area contributed by atoms with Gasteiger partial charge in [0.2, 0.25) is 15.9 Å². The third-order valence-corrected chi connectivity index (χ3v) is 3.99. The number of para-hydroxylation sites is 1. The summed E-state index contributed by atoms with van der Waals surface area (Å²) in [5.74, 6) is 1.19. The number of anilines is 2. The van der Waals surface area contributed by atoms with Crippen LogP contribution in [-0.2, 0) is 0 Å². The molecule has 4 rings (SSSR count). The van der Waals surface area contributed by atoms with Crippen LogP contribution >= 0.6 is 22.9 Å². The second-order valence-electron chi connectivity index (χ2n) is 4.21. The molecular formula is C13H8ClN5OS. The van der Waals surface area contributed by atoms with Crippen LogP contribution in [0.5, 0.6) is 0 Å². The summed E-state index contributed by atoms with van der Waals surface area (Å²) in [6.07, 6.45) is 1.59. The van der Waals surface area contributed by atoms with Crippen molar-refractivity contribution in [3.05, 3.63) is 47.7 Å². The summed E-state index contributed by atoms with van der Waals surface area (Å²) in [6.45, 7) is 0. The molecule has 0 radical (unpaired) electrons. The van der Waals surface area contributed by atoms with Crippen molar-refractivity contribution in [1.29, 1.82) is 0 Å². The fraction of sp³-hybridized carbons (Fsp3) is 0. The van der Waals surface area contributed by atoms with Crippen molar-refractivity contribution >= 4 is 38.7 Å². The third kappa shape index (κ3) is 2.16. The second kappa shape index (κ2) is 4.87. The van der Waals surface area contributed by atoms with Crippen molar-refractivity contribution in [2.45, 2.75) is 0 Å². The summed E-state index contributed by atoms with van der Waals surface area (Å²) in [7, 11) is 0. The number of benzene rings is 1. The fourth-order valence-corrected chi connectivity index (χ4v) is 2.84. The monoisotopic (exact) mass is 317 g/mol. The van der Waals surface area contributed by atoms with Crippen molar-refractivity contribution in [3.8, 4) is 11.6 Å². The van der Waals surface area contributed by atoms with E-state index < -0.39 is 0 Å². The van der Waals surface area contributed by atoms with E-state index in [1.807, 2.05) is 30.3 Å². The minimum atomic E-state index is 0.568. The summed E-state index contributed by atoms with van der Waals surface area (Å²) in [4.78, 5) is 0.677. The Kier molecular flexibility index (Phi) is 2.87. The molecule has 8 heteroatoms. The smallest absolute Gasteiger partial charge is 0.236 e. The molecule has 0 aliphatic heterocycles. The number of hydrogen-bond donors (Lipinski definition) is 1. The molecule has 0 spiro atoms. The van der Waals surface area contributed by atoms with Gasteiger partial charge in [-0.3, -0.25) is 0 Å². The van der Waals surface area contributed by atoms with Crippen molar-refractivity contribution in [2.24, 2.45) is 0 Å². The Bertz CT molecular complexity index is 898. The van der Waals surface area contributed by atoms with Gasteiger partial charge in [0.15, 0.2) is 5.76 Å². The standard InChI is InChI=1S/C13H8ClN5OS/c14-8-4-1-2-5-9(8)15-12-18-19-11(10-6-3-7-20-10)16-17-13(19)21-12/h1-7H,(H,15,18). The number of fused-ring (bicyclic) bond motifs is 1. The van der Waals surface area contributed by atoms with Crippen LogP contribution in [0.1, 0.15) is 0 Å². The summed E-state index contributed by atoms with van der Waals surface area (Å²) in [5.41, 5.74) is 0.795. The van der Waals surface area contributed by atoms with E-state index in [0.29, 0.717) is 26.7 Å². The van der Waals surface area contributed by atoms with E-state index in [2.05, 4.69) is 20.6 Å². The van der Waals surface area contributed by atoms with Crippen molar-refractivity contribution in [1.82, 2.24) is 19.8 Å². The maximum Gasteiger partial charge on any atom is 0.236 e. The second-order valence-corrected chi connectivity index (χ2v) is 5.57. The van der Waals surface area contributed by atoms with Gasteiger partial charge in [0, 0.05) is 0 Å². The molecular weight excluding hydrogens is 310 g/mol. The Hall–Kier alpha value is -2.38. The number of furan rings is 1. The molecule has 0 amide bonds. The molecule has 0 fully saturated rings. The molecule has 3 aromatic heterocycles. The highest BCUT2D eigenvalue weighted by Gasteiger charge is 2.15. The van der Waals surface area contributed by atoms with Gasteiger partial charge in [-0.15, -0.1) is 15.3 Å². The summed E-state index contributed by atoms with van der Waals surface area (Å²) in [6, 6.07) is 11.1. The van der Waals surface area contributed by atoms with Crippen LogP contribution in [0.15, 0.2) is 47.1 Å². The molecule has 4 aromatic rings. The molecule has 0 unspecified atom stereocenters. The average molecular weight is 318 g/mol. The molecule has 3 heterocycles. The lowest BCUT2D eigenvalue weighted by Gasteiger charge is -2.03. The van der Waals surface area contributed by atoms with Gasteiger partial charge in [0.25, 0.3) is 0 Å². The minimum absolute atomic E-state index is 0.568. The molecule has 0 aliphatic carbocycles. The summed E-state index contributed by atoms with van der Waals surface area (Å²) < 4.78 is 6.97. The number of rotatable bonds is 3. The first-order valence-corrected chi connectivity index (χ1v) is 7.28. The van der Waals surface area contributed by atoms with Gasteiger partial charge in [-0.25, -0.2) is 0 Å². The van der Waals surface area contributed by atoms with Crippen LogP contribution in [0.2, 0.25) is 5.02 Å². The minimum Gasteiger partial charge on any atom is -0.461 e. The Morgan fingerprint density at radius 1 is 1.14 bits per heavy atom.